The molecule has 1 rings (SSSR count). The Hall–Kier alpha value is -0.790. The number of carbonyl (C=O) groups excluding carboxylic acids is 1. The summed E-state index contributed by atoms with van der Waals surface area (Å²) in [5.41, 5.74) is 0.844. The van der Waals surface area contributed by atoms with Crippen LogP contribution in [0.5, 0.6) is 0 Å². The van der Waals surface area contributed by atoms with Gasteiger partial charge in [-0.2, -0.15) is 0 Å². The molecule has 0 aromatic heterocycles. The molecule has 10 heavy (non-hydrogen) atoms. The van der Waals surface area contributed by atoms with Gasteiger partial charge in [-0.15, -0.1) is 0 Å². The van der Waals surface area contributed by atoms with E-state index in [2.05, 4.69) is 0 Å². The van der Waals surface area contributed by atoms with Crippen LogP contribution < -0.4 is 0 Å². The first kappa shape index (κ1) is 7.32. The number of Topliss-reactive ketones (excluding diaryl/α,β-unsaturated/α-hetero) is 1. The van der Waals surface area contributed by atoms with Gasteiger partial charge in [0.1, 0.15) is 0 Å². The fourth-order valence-corrected chi connectivity index (χ4v) is 1.29. The minimum absolute atomic E-state index is 0.00634. The molecular weight excluding hydrogens is 128 g/mol. The summed E-state index contributed by atoms with van der Waals surface area (Å²) in [5, 5.41) is 9.10. The van der Waals surface area contributed by atoms with Gasteiger partial charge in [0.2, 0.25) is 0 Å². The third kappa shape index (κ3) is 0.939. The molecule has 0 amide bonds. The van der Waals surface area contributed by atoms with Gasteiger partial charge in [0, 0.05) is 5.92 Å². The van der Waals surface area contributed by atoms with Crippen molar-refractivity contribution in [2.24, 2.45) is 5.92 Å². The van der Waals surface area contributed by atoms with Gasteiger partial charge in [-0.05, 0) is 25.3 Å². The third-order valence-corrected chi connectivity index (χ3v) is 2.05. The van der Waals surface area contributed by atoms with Crippen molar-refractivity contribution >= 4 is 5.78 Å². The lowest BCUT2D eigenvalue weighted by Crippen LogP contribution is -2.08. The van der Waals surface area contributed by atoms with Crippen LogP contribution in [0.1, 0.15) is 26.7 Å². The number of allylic oxidation sites excluding steroid dienone is 2. The summed E-state index contributed by atoms with van der Waals surface area (Å²) >= 11 is 0. The number of aliphatic hydroxyl groups is 1. The average Bonchev–Trinajstić information content (AvgIpc) is 2.17. The van der Waals surface area contributed by atoms with Gasteiger partial charge >= 0.3 is 0 Å². The van der Waals surface area contributed by atoms with E-state index in [1.165, 1.54) is 0 Å². The summed E-state index contributed by atoms with van der Waals surface area (Å²) in [7, 11) is 0. The van der Waals surface area contributed by atoms with Gasteiger partial charge in [-0.25, -0.2) is 0 Å². The summed E-state index contributed by atoms with van der Waals surface area (Å²) in [4.78, 5) is 11.0. The first-order chi connectivity index (χ1) is 4.66. The van der Waals surface area contributed by atoms with Crippen LogP contribution in [0.25, 0.3) is 0 Å². The SMILES string of the molecule is CC[C@H]1CC(C)=C(O)C1=O. The van der Waals surface area contributed by atoms with Gasteiger partial charge < -0.3 is 5.11 Å². The maximum atomic E-state index is 11.0. The van der Waals surface area contributed by atoms with Crippen molar-refractivity contribution < 1.29 is 9.90 Å². The van der Waals surface area contributed by atoms with E-state index in [0.717, 1.165) is 18.4 Å². The normalized spacial score (nSPS) is 26.2. The predicted molar refractivity (Wildman–Crippen MR) is 38.7 cm³/mol. The Bertz CT molecular complexity index is 191. The molecule has 0 spiro atoms. The molecule has 1 N–H and O–H groups in total. The van der Waals surface area contributed by atoms with Gasteiger partial charge in [0.05, 0.1) is 0 Å². The van der Waals surface area contributed by atoms with Gasteiger partial charge in [-0.3, -0.25) is 4.79 Å². The van der Waals surface area contributed by atoms with Crippen molar-refractivity contribution in [2.75, 3.05) is 0 Å². The van der Waals surface area contributed by atoms with Crippen molar-refractivity contribution in [1.82, 2.24) is 0 Å². The second-order valence-corrected chi connectivity index (χ2v) is 2.80. The fraction of sp³-hybridized carbons (Fsp3) is 0.625. The van der Waals surface area contributed by atoms with Crippen molar-refractivity contribution in [1.29, 1.82) is 0 Å². The molecule has 0 radical (unpaired) electrons. The Balaban J connectivity index is 2.77. The van der Waals surface area contributed by atoms with E-state index in [1.807, 2.05) is 13.8 Å². The maximum absolute atomic E-state index is 11.0. The molecular formula is C8H12O2. The molecule has 0 fully saturated rings. The largest absolute Gasteiger partial charge is 0.504 e. The van der Waals surface area contributed by atoms with Crippen LogP contribution in [0.3, 0.4) is 0 Å². The molecule has 1 aliphatic carbocycles. The van der Waals surface area contributed by atoms with Gasteiger partial charge in [0.25, 0.3) is 0 Å². The number of hydrogen-bond acceptors (Lipinski definition) is 2. The van der Waals surface area contributed by atoms with Crippen LogP contribution in [0, 0.1) is 5.92 Å². The molecule has 0 saturated carbocycles. The molecule has 0 aromatic carbocycles. The molecule has 2 heteroatoms. The third-order valence-electron chi connectivity index (χ3n) is 2.05. The summed E-state index contributed by atoms with van der Waals surface area (Å²) in [5.74, 6) is -0.00755. The Morgan fingerprint density at radius 3 is 2.50 bits per heavy atom. The highest BCUT2D eigenvalue weighted by molar-refractivity contribution is 5.98. The molecule has 0 heterocycles. The van der Waals surface area contributed by atoms with Crippen molar-refractivity contribution in [3.8, 4) is 0 Å². The van der Waals surface area contributed by atoms with Crippen molar-refractivity contribution in [2.45, 2.75) is 26.7 Å². The average molecular weight is 140 g/mol. The van der Waals surface area contributed by atoms with E-state index in [-0.39, 0.29) is 17.5 Å². The Kier molecular flexibility index (Phi) is 1.79. The lowest BCUT2D eigenvalue weighted by Gasteiger charge is -2.00. The molecule has 0 aliphatic heterocycles. The zero-order chi connectivity index (χ0) is 7.72. The van der Waals surface area contributed by atoms with Crippen LogP contribution in [0.4, 0.5) is 0 Å². The molecule has 0 unspecified atom stereocenters. The first-order valence-corrected chi connectivity index (χ1v) is 3.59. The topological polar surface area (TPSA) is 37.3 Å². The van der Waals surface area contributed by atoms with E-state index >= 15 is 0 Å². The Morgan fingerprint density at radius 1 is 1.70 bits per heavy atom. The summed E-state index contributed by atoms with van der Waals surface area (Å²) in [6.07, 6.45) is 1.58. The first-order valence-electron chi connectivity index (χ1n) is 3.59. The zero-order valence-corrected chi connectivity index (χ0v) is 6.35. The fourth-order valence-electron chi connectivity index (χ4n) is 1.29. The minimum atomic E-state index is -0.0694. The molecule has 2 nitrogen and oxygen atoms in total. The van der Waals surface area contributed by atoms with Crippen LogP contribution in [0.2, 0.25) is 0 Å². The lowest BCUT2D eigenvalue weighted by atomic mass is 10.0. The Morgan fingerprint density at radius 2 is 2.30 bits per heavy atom. The number of rotatable bonds is 1. The lowest BCUT2D eigenvalue weighted by molar-refractivity contribution is -0.120. The quantitative estimate of drug-likeness (QED) is 0.603. The summed E-state index contributed by atoms with van der Waals surface area (Å²) in [6.45, 7) is 3.78. The number of carbonyl (C=O) groups is 1. The maximum Gasteiger partial charge on any atom is 0.200 e. The van der Waals surface area contributed by atoms with Crippen molar-refractivity contribution in [3.05, 3.63) is 11.3 Å². The molecule has 0 saturated heterocycles. The number of aliphatic hydroxyl groups excluding tert-OH is 1. The van der Waals surface area contributed by atoms with Crippen molar-refractivity contribution in [3.63, 3.8) is 0 Å². The van der Waals surface area contributed by atoms with Crippen LogP contribution in [0.15, 0.2) is 11.3 Å². The van der Waals surface area contributed by atoms with E-state index < -0.39 is 0 Å². The molecule has 1 aliphatic rings. The van der Waals surface area contributed by atoms with E-state index in [9.17, 15) is 4.79 Å². The predicted octanol–water partition coefficient (Wildman–Crippen LogP) is 1.82. The van der Waals surface area contributed by atoms with Gasteiger partial charge in [-0.1, -0.05) is 6.92 Å². The molecule has 56 valence electrons. The molecule has 1 atom stereocenters. The second kappa shape index (κ2) is 2.45. The van der Waals surface area contributed by atoms with Gasteiger partial charge in [0.15, 0.2) is 11.5 Å². The number of hydrogen-bond donors (Lipinski definition) is 1. The second-order valence-electron chi connectivity index (χ2n) is 2.80. The van der Waals surface area contributed by atoms with E-state index in [0.29, 0.717) is 0 Å². The van der Waals surface area contributed by atoms with E-state index in [1.54, 1.807) is 0 Å². The molecule has 0 aromatic rings. The standard InChI is InChI=1S/C8H12O2/c1-3-6-4-5(2)7(9)8(6)10/h6,9H,3-4H2,1-2H3/t6-/m0/s1. The smallest absolute Gasteiger partial charge is 0.200 e. The van der Waals surface area contributed by atoms with E-state index in [4.69, 9.17) is 5.11 Å². The zero-order valence-electron chi connectivity index (χ0n) is 6.35. The summed E-state index contributed by atoms with van der Waals surface area (Å²) < 4.78 is 0. The minimum Gasteiger partial charge on any atom is -0.504 e. The van der Waals surface area contributed by atoms with Crippen LogP contribution in [-0.2, 0) is 4.79 Å². The number of ketones is 1. The highest BCUT2D eigenvalue weighted by Crippen LogP contribution is 2.27. The monoisotopic (exact) mass is 140 g/mol. The highest BCUT2D eigenvalue weighted by atomic mass is 16.3. The Labute approximate surface area is 60.6 Å². The highest BCUT2D eigenvalue weighted by Gasteiger charge is 2.28. The van der Waals surface area contributed by atoms with Crippen LogP contribution >= 0.6 is 0 Å². The summed E-state index contributed by atoms with van der Waals surface area (Å²) in [6, 6.07) is 0. The van der Waals surface area contributed by atoms with Crippen LogP contribution in [-0.4, -0.2) is 10.9 Å². The molecule has 0 bridgehead atoms.